The fourth-order valence-electron chi connectivity index (χ4n) is 3.80. The van der Waals surface area contributed by atoms with Crippen LogP contribution in [0, 0.1) is 23.2 Å². The van der Waals surface area contributed by atoms with E-state index in [2.05, 4.69) is 50.1 Å². The van der Waals surface area contributed by atoms with Crippen molar-refractivity contribution in [3.05, 3.63) is 0 Å². The van der Waals surface area contributed by atoms with E-state index in [1.807, 2.05) is 0 Å². The standard InChI is InChI=1S/C17H31N2O2PS2/c1-12(2)19(13(3)4)22(20-11-7-10-18)21-17-14-8-5-6-9-15(24-23)16(14)17/h12-17,23H,5-9,11H2,1-4H3. The van der Waals surface area contributed by atoms with E-state index in [1.165, 1.54) is 25.7 Å². The molecule has 0 aromatic rings. The van der Waals surface area contributed by atoms with Gasteiger partial charge in [0.1, 0.15) is 0 Å². The fourth-order valence-corrected chi connectivity index (χ4v) is 7.12. The summed E-state index contributed by atoms with van der Waals surface area (Å²) in [6.07, 6.45) is 5.86. The molecule has 24 heavy (non-hydrogen) atoms. The molecular weight excluding hydrogens is 359 g/mol. The molecule has 0 aromatic heterocycles. The van der Waals surface area contributed by atoms with Gasteiger partial charge in [0.25, 0.3) is 8.53 Å². The van der Waals surface area contributed by atoms with Gasteiger partial charge in [-0.05, 0) is 46.5 Å². The molecule has 2 rings (SSSR count). The van der Waals surface area contributed by atoms with Gasteiger partial charge in [0.2, 0.25) is 0 Å². The summed E-state index contributed by atoms with van der Waals surface area (Å²) in [5.41, 5.74) is 0. The molecule has 2 aliphatic rings. The molecule has 138 valence electrons. The lowest BCUT2D eigenvalue weighted by Gasteiger charge is -2.36. The van der Waals surface area contributed by atoms with E-state index < -0.39 is 8.53 Å². The van der Waals surface area contributed by atoms with Crippen molar-refractivity contribution in [1.82, 2.24) is 4.67 Å². The third-order valence-electron chi connectivity index (χ3n) is 4.87. The summed E-state index contributed by atoms with van der Waals surface area (Å²) in [4.78, 5) is 0. The molecule has 2 aliphatic carbocycles. The lowest BCUT2D eigenvalue weighted by atomic mass is 10.1. The van der Waals surface area contributed by atoms with Crippen LogP contribution in [0.15, 0.2) is 0 Å². The van der Waals surface area contributed by atoms with Crippen molar-refractivity contribution in [1.29, 1.82) is 5.26 Å². The number of nitriles is 1. The highest BCUT2D eigenvalue weighted by atomic mass is 33.1. The Bertz CT molecular complexity index is 425. The van der Waals surface area contributed by atoms with Crippen LogP contribution >= 0.6 is 31.0 Å². The molecule has 0 radical (unpaired) electrons. The van der Waals surface area contributed by atoms with E-state index in [-0.39, 0.29) is 0 Å². The predicted octanol–water partition coefficient (Wildman–Crippen LogP) is 5.41. The molecule has 0 amide bonds. The van der Waals surface area contributed by atoms with Gasteiger partial charge in [0.05, 0.1) is 25.2 Å². The third-order valence-corrected chi connectivity index (χ3v) is 8.63. The lowest BCUT2D eigenvalue weighted by molar-refractivity contribution is 0.159. The van der Waals surface area contributed by atoms with Crippen LogP contribution in [0.1, 0.15) is 59.8 Å². The van der Waals surface area contributed by atoms with Crippen molar-refractivity contribution in [2.24, 2.45) is 11.8 Å². The maximum absolute atomic E-state index is 8.81. The third kappa shape index (κ3) is 5.25. The first-order valence-corrected chi connectivity index (χ1v) is 12.1. The molecule has 5 unspecified atom stereocenters. The van der Waals surface area contributed by atoms with Crippen LogP contribution in [0.3, 0.4) is 0 Å². The topological polar surface area (TPSA) is 45.5 Å². The molecule has 4 nitrogen and oxygen atoms in total. The Hall–Kier alpha value is 0.500. The quantitative estimate of drug-likeness (QED) is 0.247. The highest BCUT2D eigenvalue weighted by molar-refractivity contribution is 8.68. The van der Waals surface area contributed by atoms with Gasteiger partial charge < -0.3 is 9.05 Å². The van der Waals surface area contributed by atoms with Crippen LogP contribution in [-0.2, 0) is 9.05 Å². The highest BCUT2D eigenvalue weighted by Crippen LogP contribution is 2.60. The first kappa shape index (κ1) is 20.8. The summed E-state index contributed by atoms with van der Waals surface area (Å²) in [6.45, 7) is 9.19. The minimum atomic E-state index is -1.11. The number of fused-ring (bicyclic) bond motifs is 1. The van der Waals surface area contributed by atoms with Gasteiger partial charge in [-0.15, -0.1) is 11.7 Å². The number of thiol groups is 1. The molecule has 5 atom stereocenters. The van der Waals surface area contributed by atoms with Crippen molar-refractivity contribution < 1.29 is 9.05 Å². The Labute approximate surface area is 157 Å². The van der Waals surface area contributed by atoms with E-state index in [4.69, 9.17) is 14.3 Å². The Morgan fingerprint density at radius 2 is 1.92 bits per heavy atom. The number of rotatable bonds is 9. The lowest BCUT2D eigenvalue weighted by Crippen LogP contribution is -2.34. The minimum Gasteiger partial charge on any atom is -0.321 e. The summed E-state index contributed by atoms with van der Waals surface area (Å²) in [5.74, 6) is 1.30. The average molecular weight is 391 g/mol. The normalized spacial score (nSPS) is 31.0. The Morgan fingerprint density at radius 3 is 2.50 bits per heavy atom. The smallest absolute Gasteiger partial charge is 0.259 e. The molecule has 0 aliphatic heterocycles. The molecule has 7 heteroatoms. The van der Waals surface area contributed by atoms with Crippen molar-refractivity contribution in [2.75, 3.05) is 6.61 Å². The van der Waals surface area contributed by atoms with Crippen LogP contribution in [0.2, 0.25) is 0 Å². The molecular formula is C17H31N2O2PS2. The first-order valence-electron chi connectivity index (χ1n) is 9.06. The van der Waals surface area contributed by atoms with E-state index in [1.54, 1.807) is 10.8 Å². The Morgan fingerprint density at radius 1 is 1.25 bits per heavy atom. The minimum absolute atomic E-state index is 0.308. The molecule has 0 bridgehead atoms. The molecule has 2 saturated carbocycles. The second-order valence-corrected chi connectivity index (χ2v) is 10.1. The Balaban J connectivity index is 2.03. The number of hydrogen-bond acceptors (Lipinski definition) is 6. The van der Waals surface area contributed by atoms with Gasteiger partial charge in [-0.2, -0.15) is 5.26 Å². The van der Waals surface area contributed by atoms with Gasteiger partial charge in [-0.1, -0.05) is 23.6 Å². The molecule has 0 aromatic carbocycles. The van der Waals surface area contributed by atoms with Crippen LogP contribution < -0.4 is 0 Å². The van der Waals surface area contributed by atoms with Gasteiger partial charge in [-0.3, -0.25) is 0 Å². The van der Waals surface area contributed by atoms with Gasteiger partial charge in [-0.25, -0.2) is 4.67 Å². The fraction of sp³-hybridized carbons (Fsp3) is 0.941. The molecule has 0 N–H and O–H groups in total. The summed E-state index contributed by atoms with van der Waals surface area (Å²) in [7, 11) is 0.593. The number of hydrogen-bond donors (Lipinski definition) is 1. The second-order valence-electron chi connectivity index (χ2n) is 7.29. The van der Waals surface area contributed by atoms with E-state index in [0.717, 1.165) is 0 Å². The largest absolute Gasteiger partial charge is 0.321 e. The van der Waals surface area contributed by atoms with E-state index in [9.17, 15) is 0 Å². The van der Waals surface area contributed by atoms with Gasteiger partial charge >= 0.3 is 0 Å². The predicted molar refractivity (Wildman–Crippen MR) is 106 cm³/mol. The average Bonchev–Trinajstić information content (AvgIpc) is 3.22. The summed E-state index contributed by atoms with van der Waals surface area (Å²) in [6, 6.07) is 2.88. The molecule has 0 spiro atoms. The maximum atomic E-state index is 8.81. The van der Waals surface area contributed by atoms with Gasteiger partial charge in [0.15, 0.2) is 0 Å². The second kappa shape index (κ2) is 10.00. The SMILES string of the molecule is CC(C)N(C(C)C)P(OCCC#N)OC1C2CCCCC(SS)C21. The zero-order valence-electron chi connectivity index (χ0n) is 15.2. The van der Waals surface area contributed by atoms with E-state index >= 15 is 0 Å². The molecule has 0 heterocycles. The Kier molecular flexibility index (Phi) is 8.67. The van der Waals surface area contributed by atoms with E-state index in [0.29, 0.717) is 48.3 Å². The zero-order chi connectivity index (χ0) is 17.7. The summed E-state index contributed by atoms with van der Waals surface area (Å²) in [5, 5.41) is 9.41. The number of nitrogens with zero attached hydrogens (tertiary/aromatic N) is 2. The molecule has 0 saturated heterocycles. The van der Waals surface area contributed by atoms with Crippen molar-refractivity contribution in [2.45, 2.75) is 83.2 Å². The zero-order valence-corrected chi connectivity index (χ0v) is 17.8. The summed E-state index contributed by atoms with van der Waals surface area (Å²) < 4.78 is 14.9. The molecule has 2 fully saturated rings. The summed E-state index contributed by atoms with van der Waals surface area (Å²) >= 11 is 4.49. The van der Waals surface area contributed by atoms with Crippen molar-refractivity contribution >= 4 is 31.0 Å². The monoisotopic (exact) mass is 390 g/mol. The van der Waals surface area contributed by atoms with Crippen LogP contribution in [0.5, 0.6) is 0 Å². The van der Waals surface area contributed by atoms with Crippen molar-refractivity contribution in [3.8, 4) is 6.07 Å². The maximum Gasteiger partial charge on any atom is 0.259 e. The van der Waals surface area contributed by atoms with Crippen molar-refractivity contribution in [3.63, 3.8) is 0 Å². The first-order chi connectivity index (χ1) is 11.5. The van der Waals surface area contributed by atoms with Crippen LogP contribution in [0.4, 0.5) is 0 Å². The van der Waals surface area contributed by atoms with Crippen LogP contribution in [0.25, 0.3) is 0 Å². The van der Waals surface area contributed by atoms with Crippen LogP contribution in [-0.4, -0.2) is 34.7 Å². The highest BCUT2D eigenvalue weighted by Gasteiger charge is 2.57. The van der Waals surface area contributed by atoms with Gasteiger partial charge in [0, 0.05) is 23.3 Å².